The molecule has 0 N–H and O–H groups in total. The molecule has 0 radical (unpaired) electrons. The minimum Gasteiger partial charge on any atom is -0.484 e. The lowest BCUT2D eigenvalue weighted by molar-refractivity contribution is -0.132. The zero-order valence-electron chi connectivity index (χ0n) is 14.2. The number of carbonyl (C=O) groups is 1. The SMILES string of the molecule is O=C(COc1ccccc1)N1CCC(c2nnc(-c3ccccc3)o2)C1. The third kappa shape index (κ3) is 3.59. The second-order valence-electron chi connectivity index (χ2n) is 6.24. The number of rotatable bonds is 5. The van der Waals surface area contributed by atoms with Crippen molar-refractivity contribution in [1.29, 1.82) is 0 Å². The summed E-state index contributed by atoms with van der Waals surface area (Å²) in [4.78, 5) is 14.1. The molecule has 0 spiro atoms. The average molecular weight is 349 g/mol. The van der Waals surface area contributed by atoms with Gasteiger partial charge in [0.25, 0.3) is 5.91 Å². The first kappa shape index (κ1) is 16.3. The van der Waals surface area contributed by atoms with Crippen LogP contribution in [0, 0.1) is 0 Å². The van der Waals surface area contributed by atoms with Crippen LogP contribution in [0.4, 0.5) is 0 Å². The molecule has 4 rings (SSSR count). The van der Waals surface area contributed by atoms with Crippen LogP contribution in [0.25, 0.3) is 11.5 Å². The van der Waals surface area contributed by atoms with Crippen molar-refractivity contribution in [2.75, 3.05) is 19.7 Å². The molecule has 0 saturated carbocycles. The van der Waals surface area contributed by atoms with Crippen molar-refractivity contribution in [2.45, 2.75) is 12.3 Å². The van der Waals surface area contributed by atoms with E-state index < -0.39 is 0 Å². The number of likely N-dealkylation sites (tertiary alicyclic amines) is 1. The smallest absolute Gasteiger partial charge is 0.260 e. The molecule has 3 aromatic rings. The lowest BCUT2D eigenvalue weighted by atomic mass is 10.1. The van der Waals surface area contributed by atoms with Gasteiger partial charge in [-0.25, -0.2) is 0 Å². The van der Waals surface area contributed by atoms with Gasteiger partial charge in [-0.2, -0.15) is 0 Å². The van der Waals surface area contributed by atoms with E-state index in [9.17, 15) is 4.79 Å². The van der Waals surface area contributed by atoms with Crippen LogP contribution in [-0.4, -0.2) is 40.7 Å². The summed E-state index contributed by atoms with van der Waals surface area (Å²) < 4.78 is 11.4. The maximum atomic E-state index is 12.4. The van der Waals surface area contributed by atoms with Crippen molar-refractivity contribution in [3.63, 3.8) is 0 Å². The Morgan fingerprint density at radius 1 is 1.08 bits per heavy atom. The lowest BCUT2D eigenvalue weighted by Crippen LogP contribution is -2.32. The largest absolute Gasteiger partial charge is 0.484 e. The van der Waals surface area contributed by atoms with Gasteiger partial charge in [-0.3, -0.25) is 4.79 Å². The highest BCUT2D eigenvalue weighted by Crippen LogP contribution is 2.28. The molecule has 0 bridgehead atoms. The Kier molecular flexibility index (Phi) is 4.64. The Balaban J connectivity index is 1.35. The van der Waals surface area contributed by atoms with E-state index >= 15 is 0 Å². The van der Waals surface area contributed by atoms with E-state index in [2.05, 4.69) is 10.2 Å². The van der Waals surface area contributed by atoms with Crippen LogP contribution in [0.1, 0.15) is 18.2 Å². The summed E-state index contributed by atoms with van der Waals surface area (Å²) in [7, 11) is 0. The van der Waals surface area contributed by atoms with Crippen LogP contribution in [0.15, 0.2) is 65.1 Å². The van der Waals surface area contributed by atoms with Crippen LogP contribution in [0.2, 0.25) is 0 Å². The molecule has 1 aliphatic heterocycles. The Morgan fingerprint density at radius 3 is 2.58 bits per heavy atom. The predicted molar refractivity (Wildman–Crippen MR) is 95.6 cm³/mol. The quantitative estimate of drug-likeness (QED) is 0.708. The molecule has 1 amide bonds. The predicted octanol–water partition coefficient (Wildman–Crippen LogP) is 3.13. The Hall–Kier alpha value is -3.15. The fourth-order valence-electron chi connectivity index (χ4n) is 3.04. The van der Waals surface area contributed by atoms with Crippen LogP contribution in [0.3, 0.4) is 0 Å². The van der Waals surface area contributed by atoms with Crippen molar-refractivity contribution in [1.82, 2.24) is 15.1 Å². The third-order valence-corrected chi connectivity index (χ3v) is 4.46. The highest BCUT2D eigenvalue weighted by atomic mass is 16.5. The molecule has 1 saturated heterocycles. The summed E-state index contributed by atoms with van der Waals surface area (Å²) in [5, 5.41) is 8.31. The normalized spacial score (nSPS) is 16.6. The first-order valence-corrected chi connectivity index (χ1v) is 8.64. The van der Waals surface area contributed by atoms with Crippen molar-refractivity contribution in [3.8, 4) is 17.2 Å². The molecule has 0 aliphatic carbocycles. The van der Waals surface area contributed by atoms with E-state index in [1.54, 1.807) is 4.90 Å². The number of para-hydroxylation sites is 1. The Bertz CT molecular complexity index is 864. The Labute approximate surface area is 151 Å². The van der Waals surface area contributed by atoms with Gasteiger partial charge in [0.1, 0.15) is 5.75 Å². The second kappa shape index (κ2) is 7.39. The maximum absolute atomic E-state index is 12.4. The average Bonchev–Trinajstić information content (AvgIpc) is 3.37. The van der Waals surface area contributed by atoms with E-state index in [0.29, 0.717) is 30.6 Å². The first-order chi connectivity index (χ1) is 12.8. The monoisotopic (exact) mass is 349 g/mol. The van der Waals surface area contributed by atoms with Crippen molar-refractivity contribution >= 4 is 5.91 Å². The molecule has 2 heterocycles. The summed E-state index contributed by atoms with van der Waals surface area (Å²) in [5.41, 5.74) is 0.897. The minimum absolute atomic E-state index is 0.0286. The van der Waals surface area contributed by atoms with E-state index in [1.165, 1.54) is 0 Å². The van der Waals surface area contributed by atoms with Crippen LogP contribution in [-0.2, 0) is 4.79 Å². The number of hydrogen-bond acceptors (Lipinski definition) is 5. The molecule has 132 valence electrons. The molecular formula is C20H19N3O3. The molecule has 1 aliphatic rings. The van der Waals surface area contributed by atoms with Crippen LogP contribution >= 0.6 is 0 Å². The van der Waals surface area contributed by atoms with E-state index in [0.717, 1.165) is 12.0 Å². The summed E-state index contributed by atoms with van der Waals surface area (Å²) in [6.07, 6.45) is 0.813. The molecule has 6 nitrogen and oxygen atoms in total. The highest BCUT2D eigenvalue weighted by molar-refractivity contribution is 5.78. The molecule has 1 unspecified atom stereocenters. The summed E-state index contributed by atoms with van der Waals surface area (Å²) in [5.74, 6) is 1.83. The summed E-state index contributed by atoms with van der Waals surface area (Å²) in [6, 6.07) is 19.0. The van der Waals surface area contributed by atoms with Gasteiger partial charge in [0.15, 0.2) is 6.61 Å². The molecular weight excluding hydrogens is 330 g/mol. The maximum Gasteiger partial charge on any atom is 0.260 e. The lowest BCUT2D eigenvalue weighted by Gasteiger charge is -2.16. The summed E-state index contributed by atoms with van der Waals surface area (Å²) in [6.45, 7) is 1.29. The van der Waals surface area contributed by atoms with Gasteiger partial charge in [0.05, 0.1) is 5.92 Å². The zero-order valence-corrected chi connectivity index (χ0v) is 14.2. The van der Waals surface area contributed by atoms with E-state index in [-0.39, 0.29) is 18.4 Å². The standard InChI is InChI=1S/C20H19N3O3/c24-18(14-25-17-9-5-2-6-10-17)23-12-11-16(13-23)20-22-21-19(26-20)15-7-3-1-4-8-15/h1-10,16H,11-14H2. The number of ether oxygens (including phenoxy) is 1. The molecule has 1 fully saturated rings. The van der Waals surface area contributed by atoms with Gasteiger partial charge in [-0.1, -0.05) is 36.4 Å². The van der Waals surface area contributed by atoms with Crippen molar-refractivity contribution < 1.29 is 13.9 Å². The fraction of sp³-hybridized carbons (Fsp3) is 0.250. The number of nitrogens with zero attached hydrogens (tertiary/aromatic N) is 3. The number of carbonyl (C=O) groups excluding carboxylic acids is 1. The number of benzene rings is 2. The molecule has 2 aromatic carbocycles. The Morgan fingerprint density at radius 2 is 1.81 bits per heavy atom. The van der Waals surface area contributed by atoms with E-state index in [1.807, 2.05) is 60.7 Å². The van der Waals surface area contributed by atoms with E-state index in [4.69, 9.17) is 9.15 Å². The van der Waals surface area contributed by atoms with Gasteiger partial charge >= 0.3 is 0 Å². The molecule has 1 aromatic heterocycles. The minimum atomic E-state index is -0.0286. The molecule has 1 atom stereocenters. The van der Waals surface area contributed by atoms with Gasteiger partial charge in [-0.05, 0) is 30.7 Å². The zero-order chi connectivity index (χ0) is 17.8. The number of aromatic nitrogens is 2. The summed E-state index contributed by atoms with van der Waals surface area (Å²) >= 11 is 0. The van der Waals surface area contributed by atoms with Crippen molar-refractivity contribution in [3.05, 3.63) is 66.6 Å². The highest BCUT2D eigenvalue weighted by Gasteiger charge is 2.31. The van der Waals surface area contributed by atoms with Gasteiger partial charge in [-0.15, -0.1) is 10.2 Å². The van der Waals surface area contributed by atoms with Crippen molar-refractivity contribution in [2.24, 2.45) is 0 Å². The first-order valence-electron chi connectivity index (χ1n) is 8.64. The van der Waals surface area contributed by atoms with Gasteiger partial charge in [0, 0.05) is 18.7 Å². The number of amides is 1. The molecule has 26 heavy (non-hydrogen) atoms. The third-order valence-electron chi connectivity index (χ3n) is 4.46. The number of hydrogen-bond donors (Lipinski definition) is 0. The molecule has 6 heteroatoms. The topological polar surface area (TPSA) is 68.5 Å². The van der Waals surface area contributed by atoms with Gasteiger partial charge in [0.2, 0.25) is 11.8 Å². The van der Waals surface area contributed by atoms with Gasteiger partial charge < -0.3 is 14.1 Å². The van der Waals surface area contributed by atoms with Crippen LogP contribution < -0.4 is 4.74 Å². The van der Waals surface area contributed by atoms with Crippen LogP contribution in [0.5, 0.6) is 5.75 Å². The second-order valence-corrected chi connectivity index (χ2v) is 6.24. The fourth-order valence-corrected chi connectivity index (χ4v) is 3.04.